The summed E-state index contributed by atoms with van der Waals surface area (Å²) in [5.41, 5.74) is 11.8. The van der Waals surface area contributed by atoms with E-state index in [0.29, 0.717) is 16.6 Å². The predicted molar refractivity (Wildman–Crippen MR) is 122 cm³/mol. The lowest BCUT2D eigenvalue weighted by molar-refractivity contribution is -0.124. The third-order valence-electron chi connectivity index (χ3n) is 5.67. The number of rotatable bonds is 4. The molecule has 9 nitrogen and oxygen atoms in total. The molecular formula is C22H21ClF2N6O3. The summed E-state index contributed by atoms with van der Waals surface area (Å²) in [6, 6.07) is 6.12. The summed E-state index contributed by atoms with van der Waals surface area (Å²) in [4.78, 5) is 38.8. The van der Waals surface area contributed by atoms with Crippen LogP contribution in [0.1, 0.15) is 12.0 Å². The quantitative estimate of drug-likeness (QED) is 0.418. The molecule has 4 rings (SSSR count). The second-order valence-electron chi connectivity index (χ2n) is 7.90. The van der Waals surface area contributed by atoms with Crippen molar-refractivity contribution in [2.24, 2.45) is 11.5 Å². The molecule has 1 saturated heterocycles. The first-order chi connectivity index (χ1) is 16.2. The number of para-hydroxylation sites is 1. The Kier molecular flexibility index (Phi) is 6.40. The Morgan fingerprint density at radius 1 is 1.15 bits per heavy atom. The van der Waals surface area contributed by atoms with E-state index in [9.17, 15) is 23.2 Å². The average Bonchev–Trinajstić information content (AvgIpc) is 3.37. The molecule has 6 N–H and O–H groups in total. The van der Waals surface area contributed by atoms with Crippen molar-refractivity contribution in [2.45, 2.75) is 25.0 Å². The maximum atomic E-state index is 14.1. The zero-order valence-electron chi connectivity index (χ0n) is 17.7. The number of carbonyl (C=O) groups excluding carboxylic acids is 3. The highest BCUT2D eigenvalue weighted by molar-refractivity contribution is 6.30. The predicted octanol–water partition coefficient (Wildman–Crippen LogP) is 2.75. The number of fused-ring (bicyclic) bond motifs is 1. The molecule has 178 valence electrons. The minimum absolute atomic E-state index is 0.0816. The number of amides is 4. The Hall–Kier alpha value is -3.70. The van der Waals surface area contributed by atoms with E-state index in [4.69, 9.17) is 23.1 Å². The number of likely N-dealkylation sites (tertiary alicyclic amines) is 1. The van der Waals surface area contributed by atoms with E-state index < -0.39 is 53.8 Å². The molecule has 3 aromatic rings. The molecule has 34 heavy (non-hydrogen) atoms. The van der Waals surface area contributed by atoms with E-state index in [1.165, 1.54) is 15.7 Å². The van der Waals surface area contributed by atoms with Crippen molar-refractivity contribution in [1.82, 2.24) is 14.8 Å². The number of carbonyl (C=O) groups is 3. The summed E-state index contributed by atoms with van der Waals surface area (Å²) in [5, 5.41) is 5.44. The minimum Gasteiger partial charge on any atom is -0.351 e. The van der Waals surface area contributed by atoms with Crippen LogP contribution in [0.3, 0.4) is 0 Å². The summed E-state index contributed by atoms with van der Waals surface area (Å²) in [7, 11) is 0. The SMILES string of the molecule is NC(=O)n1cc(NC(=O)N2C[C@@H](N)C[C@H]2C(=O)NCc2c(F)ccc(Cl)c2F)c2ccccc21. The van der Waals surface area contributed by atoms with Crippen LogP contribution in [0.25, 0.3) is 10.9 Å². The van der Waals surface area contributed by atoms with Gasteiger partial charge in [0.2, 0.25) is 5.91 Å². The summed E-state index contributed by atoms with van der Waals surface area (Å²) in [6.45, 7) is -0.372. The van der Waals surface area contributed by atoms with Crippen molar-refractivity contribution in [3.8, 4) is 0 Å². The number of halogens is 3. The van der Waals surface area contributed by atoms with Gasteiger partial charge in [0.15, 0.2) is 0 Å². The highest BCUT2D eigenvalue weighted by Gasteiger charge is 2.38. The molecule has 0 bridgehead atoms. The Morgan fingerprint density at radius 2 is 1.88 bits per heavy atom. The van der Waals surface area contributed by atoms with Crippen LogP contribution in [-0.2, 0) is 11.3 Å². The lowest BCUT2D eigenvalue weighted by Gasteiger charge is -2.24. The largest absolute Gasteiger partial charge is 0.351 e. The molecular weight excluding hydrogens is 470 g/mol. The lowest BCUT2D eigenvalue weighted by atomic mass is 10.1. The van der Waals surface area contributed by atoms with Gasteiger partial charge in [0.05, 0.1) is 16.2 Å². The van der Waals surface area contributed by atoms with E-state index in [1.807, 2.05) is 0 Å². The van der Waals surface area contributed by atoms with Crippen molar-refractivity contribution in [3.63, 3.8) is 0 Å². The number of nitrogens with zero attached hydrogens (tertiary/aromatic N) is 2. The normalized spacial score (nSPS) is 17.7. The minimum atomic E-state index is -0.968. The molecule has 2 heterocycles. The first kappa shape index (κ1) is 23.5. The van der Waals surface area contributed by atoms with E-state index in [0.717, 1.165) is 12.1 Å². The second kappa shape index (κ2) is 9.27. The highest BCUT2D eigenvalue weighted by Crippen LogP contribution is 2.27. The molecule has 12 heteroatoms. The highest BCUT2D eigenvalue weighted by atomic mass is 35.5. The number of benzene rings is 2. The fraction of sp³-hybridized carbons (Fsp3) is 0.227. The van der Waals surface area contributed by atoms with E-state index in [-0.39, 0.29) is 18.0 Å². The molecule has 0 spiro atoms. The van der Waals surface area contributed by atoms with Crippen LogP contribution in [0.15, 0.2) is 42.6 Å². The Morgan fingerprint density at radius 3 is 2.62 bits per heavy atom. The van der Waals surface area contributed by atoms with Gasteiger partial charge in [0, 0.05) is 36.3 Å². The second-order valence-corrected chi connectivity index (χ2v) is 8.31. The maximum Gasteiger partial charge on any atom is 0.323 e. The number of anilines is 1. The van der Waals surface area contributed by atoms with Crippen LogP contribution in [0.2, 0.25) is 5.02 Å². The molecule has 2 atom stereocenters. The van der Waals surface area contributed by atoms with Crippen LogP contribution in [0, 0.1) is 11.6 Å². The van der Waals surface area contributed by atoms with Crippen molar-refractivity contribution in [2.75, 3.05) is 11.9 Å². The number of primary amides is 1. The molecule has 1 fully saturated rings. The maximum absolute atomic E-state index is 14.1. The first-order valence-corrected chi connectivity index (χ1v) is 10.7. The third kappa shape index (κ3) is 4.39. The van der Waals surface area contributed by atoms with Gasteiger partial charge in [0.1, 0.15) is 17.7 Å². The molecule has 0 radical (unpaired) electrons. The Labute approximate surface area is 197 Å². The van der Waals surface area contributed by atoms with Gasteiger partial charge in [-0.25, -0.2) is 18.4 Å². The van der Waals surface area contributed by atoms with Gasteiger partial charge in [-0.3, -0.25) is 9.36 Å². The Bertz CT molecular complexity index is 1300. The fourth-order valence-electron chi connectivity index (χ4n) is 4.01. The lowest BCUT2D eigenvalue weighted by Crippen LogP contribution is -2.47. The third-order valence-corrected chi connectivity index (χ3v) is 5.96. The van der Waals surface area contributed by atoms with Crippen LogP contribution in [0.5, 0.6) is 0 Å². The van der Waals surface area contributed by atoms with Crippen molar-refractivity contribution in [3.05, 3.63) is 64.8 Å². The number of urea groups is 1. The van der Waals surface area contributed by atoms with E-state index in [1.54, 1.807) is 24.3 Å². The van der Waals surface area contributed by atoms with E-state index in [2.05, 4.69) is 10.6 Å². The summed E-state index contributed by atoms with van der Waals surface area (Å²) in [6.07, 6.45) is 1.55. The molecule has 0 unspecified atom stereocenters. The van der Waals surface area contributed by atoms with Crippen LogP contribution >= 0.6 is 11.6 Å². The number of nitrogens with one attached hydrogen (secondary N) is 2. The van der Waals surface area contributed by atoms with Crippen molar-refractivity contribution in [1.29, 1.82) is 0 Å². The fourth-order valence-corrected chi connectivity index (χ4v) is 4.19. The molecule has 1 aliphatic rings. The summed E-state index contributed by atoms with van der Waals surface area (Å²) >= 11 is 5.69. The smallest absolute Gasteiger partial charge is 0.323 e. The van der Waals surface area contributed by atoms with Crippen molar-refractivity contribution < 1.29 is 23.2 Å². The summed E-state index contributed by atoms with van der Waals surface area (Å²) < 4.78 is 29.3. The number of aromatic nitrogens is 1. The van der Waals surface area contributed by atoms with Gasteiger partial charge in [0.25, 0.3) is 0 Å². The number of nitrogens with two attached hydrogens (primary N) is 2. The van der Waals surface area contributed by atoms with Gasteiger partial charge < -0.3 is 27.0 Å². The molecule has 0 aliphatic carbocycles. The molecule has 2 aromatic carbocycles. The number of hydrogen-bond donors (Lipinski definition) is 4. The topological polar surface area (TPSA) is 135 Å². The Balaban J connectivity index is 1.51. The molecule has 0 saturated carbocycles. The number of hydrogen-bond acceptors (Lipinski definition) is 4. The molecule has 1 aromatic heterocycles. The zero-order chi connectivity index (χ0) is 24.6. The zero-order valence-corrected chi connectivity index (χ0v) is 18.5. The van der Waals surface area contributed by atoms with Crippen molar-refractivity contribution >= 4 is 46.2 Å². The van der Waals surface area contributed by atoms with E-state index >= 15 is 0 Å². The van der Waals surface area contributed by atoms with Gasteiger partial charge in [-0.15, -0.1) is 0 Å². The molecule has 1 aliphatic heterocycles. The average molecular weight is 491 g/mol. The van der Waals surface area contributed by atoms with Gasteiger partial charge in [-0.2, -0.15) is 0 Å². The summed E-state index contributed by atoms with van der Waals surface area (Å²) in [5.74, 6) is -2.45. The van der Waals surface area contributed by atoms with Crippen LogP contribution in [0.4, 0.5) is 24.1 Å². The van der Waals surface area contributed by atoms with Crippen LogP contribution < -0.4 is 22.1 Å². The van der Waals surface area contributed by atoms with Gasteiger partial charge in [-0.05, 0) is 24.6 Å². The monoisotopic (exact) mass is 490 g/mol. The molecule has 4 amide bonds. The first-order valence-electron chi connectivity index (χ1n) is 10.3. The van der Waals surface area contributed by atoms with Crippen LogP contribution in [-0.4, -0.2) is 46.1 Å². The standard InChI is InChI=1S/C22H21ClF2N6O3/c23-14-5-6-15(24)13(19(14)25)8-28-20(32)18-7-11(26)9-31(18)22(34)29-16-10-30(21(27)33)17-4-2-1-3-12(16)17/h1-6,10-11,18H,7-9,26H2,(H2,27,33)(H,28,32)(H,29,34)/t11-,18-/m0/s1. The van der Waals surface area contributed by atoms with Gasteiger partial charge in [-0.1, -0.05) is 29.8 Å². The van der Waals surface area contributed by atoms with Gasteiger partial charge >= 0.3 is 12.1 Å².